The highest BCUT2D eigenvalue weighted by Crippen LogP contribution is 2.13. The van der Waals surface area contributed by atoms with Crippen LogP contribution in [0.3, 0.4) is 0 Å². The molecule has 0 atom stereocenters. The SMILES string of the molecule is CCCCCCCCN(CCCCCCCC)CCCCCCCCCC(C)C. The summed E-state index contributed by atoms with van der Waals surface area (Å²) in [5.41, 5.74) is 0. The fourth-order valence-electron chi connectivity index (χ4n) is 4.34. The number of hydrogen-bond acceptors (Lipinski definition) is 1. The van der Waals surface area contributed by atoms with Crippen LogP contribution in [-0.4, -0.2) is 24.5 Å². The lowest BCUT2D eigenvalue weighted by atomic mass is 10.0. The zero-order valence-corrected chi connectivity index (χ0v) is 21.3. The molecule has 0 amide bonds. The summed E-state index contributed by atoms with van der Waals surface area (Å²) in [6.45, 7) is 13.4. The second kappa shape index (κ2) is 24.2. The molecule has 0 bridgehead atoms. The number of nitrogens with zero attached hydrogens (tertiary/aromatic N) is 1. The van der Waals surface area contributed by atoms with Gasteiger partial charge in [-0.05, 0) is 44.8 Å². The Hall–Kier alpha value is -0.0400. The molecule has 0 spiro atoms. The summed E-state index contributed by atoms with van der Waals surface area (Å²) < 4.78 is 0. The third kappa shape index (κ3) is 24.1. The van der Waals surface area contributed by atoms with Gasteiger partial charge in [0.15, 0.2) is 0 Å². The summed E-state index contributed by atoms with van der Waals surface area (Å²) in [6, 6.07) is 0. The van der Waals surface area contributed by atoms with Crippen LogP contribution in [0.15, 0.2) is 0 Å². The fourth-order valence-corrected chi connectivity index (χ4v) is 4.34. The van der Waals surface area contributed by atoms with Gasteiger partial charge in [0.1, 0.15) is 0 Å². The Morgan fingerprint density at radius 2 is 0.724 bits per heavy atom. The van der Waals surface area contributed by atoms with E-state index in [1.165, 1.54) is 148 Å². The number of hydrogen-bond donors (Lipinski definition) is 0. The van der Waals surface area contributed by atoms with Crippen molar-refractivity contribution >= 4 is 0 Å². The van der Waals surface area contributed by atoms with Crippen molar-refractivity contribution < 1.29 is 0 Å². The van der Waals surface area contributed by atoms with E-state index < -0.39 is 0 Å². The van der Waals surface area contributed by atoms with Crippen LogP contribution in [0, 0.1) is 5.92 Å². The van der Waals surface area contributed by atoms with Gasteiger partial charge in [0, 0.05) is 0 Å². The first-order valence-electron chi connectivity index (χ1n) is 13.9. The first kappa shape index (κ1) is 29.0. The molecule has 0 aliphatic carbocycles. The average Bonchev–Trinajstić information content (AvgIpc) is 2.70. The van der Waals surface area contributed by atoms with Gasteiger partial charge in [0.25, 0.3) is 0 Å². The van der Waals surface area contributed by atoms with E-state index in [2.05, 4.69) is 32.6 Å². The summed E-state index contributed by atoms with van der Waals surface area (Å²) in [7, 11) is 0. The van der Waals surface area contributed by atoms with Gasteiger partial charge in [0.2, 0.25) is 0 Å². The minimum absolute atomic E-state index is 0.888. The van der Waals surface area contributed by atoms with E-state index in [1.807, 2.05) is 0 Å². The van der Waals surface area contributed by atoms with Crippen molar-refractivity contribution in [1.29, 1.82) is 0 Å². The quantitative estimate of drug-likeness (QED) is 0.143. The molecule has 0 aromatic heterocycles. The molecule has 0 aliphatic rings. The summed E-state index contributed by atoms with van der Waals surface area (Å²) in [5.74, 6) is 0.888. The molecule has 0 heterocycles. The van der Waals surface area contributed by atoms with Crippen LogP contribution in [-0.2, 0) is 0 Å². The maximum absolute atomic E-state index is 2.81. The second-order valence-electron chi connectivity index (χ2n) is 10.0. The first-order chi connectivity index (χ1) is 14.2. The molecule has 0 radical (unpaired) electrons. The van der Waals surface area contributed by atoms with Gasteiger partial charge < -0.3 is 4.90 Å². The lowest BCUT2D eigenvalue weighted by Crippen LogP contribution is -2.27. The largest absolute Gasteiger partial charge is 0.303 e. The molecular weight excluding hydrogens is 350 g/mol. The van der Waals surface area contributed by atoms with Crippen LogP contribution in [0.1, 0.15) is 156 Å². The van der Waals surface area contributed by atoms with Crippen molar-refractivity contribution in [3.05, 3.63) is 0 Å². The molecule has 0 saturated carbocycles. The van der Waals surface area contributed by atoms with Gasteiger partial charge in [-0.25, -0.2) is 0 Å². The lowest BCUT2D eigenvalue weighted by Gasteiger charge is -2.22. The number of unbranched alkanes of at least 4 members (excludes halogenated alkanes) is 16. The van der Waals surface area contributed by atoms with E-state index in [-0.39, 0.29) is 0 Å². The molecule has 29 heavy (non-hydrogen) atoms. The smallest absolute Gasteiger partial charge is 0.00187 e. The van der Waals surface area contributed by atoms with Gasteiger partial charge in [0.05, 0.1) is 0 Å². The maximum Gasteiger partial charge on any atom is -0.00187 e. The van der Waals surface area contributed by atoms with E-state index in [9.17, 15) is 0 Å². The summed E-state index contributed by atoms with van der Waals surface area (Å²) in [6.07, 6.45) is 28.7. The van der Waals surface area contributed by atoms with Gasteiger partial charge >= 0.3 is 0 Å². The standard InChI is InChI=1S/C28H59N/c1-5-7-9-11-17-21-25-29(26-22-18-12-10-8-6-2)27-23-19-15-13-14-16-20-24-28(3)4/h28H,5-27H2,1-4H3. The molecule has 0 aromatic carbocycles. The van der Waals surface area contributed by atoms with Crippen LogP contribution in [0.25, 0.3) is 0 Å². The average molecular weight is 410 g/mol. The third-order valence-corrected chi connectivity index (χ3v) is 6.41. The minimum Gasteiger partial charge on any atom is -0.303 e. The highest BCUT2D eigenvalue weighted by molar-refractivity contribution is 4.60. The highest BCUT2D eigenvalue weighted by atomic mass is 15.1. The van der Waals surface area contributed by atoms with Crippen LogP contribution in [0.2, 0.25) is 0 Å². The van der Waals surface area contributed by atoms with E-state index in [4.69, 9.17) is 0 Å². The predicted octanol–water partition coefficient (Wildman–Crippen LogP) is 9.79. The Morgan fingerprint density at radius 3 is 1.07 bits per heavy atom. The zero-order valence-electron chi connectivity index (χ0n) is 21.3. The number of rotatable bonds is 24. The van der Waals surface area contributed by atoms with Crippen molar-refractivity contribution in [2.24, 2.45) is 5.92 Å². The van der Waals surface area contributed by atoms with E-state index in [0.29, 0.717) is 0 Å². The Kier molecular flexibility index (Phi) is 24.2. The molecule has 0 unspecified atom stereocenters. The Morgan fingerprint density at radius 1 is 0.414 bits per heavy atom. The Labute approximate surface area is 186 Å². The van der Waals surface area contributed by atoms with E-state index >= 15 is 0 Å². The van der Waals surface area contributed by atoms with Crippen LogP contribution < -0.4 is 0 Å². The molecular formula is C28H59N. The molecule has 0 rings (SSSR count). The highest BCUT2D eigenvalue weighted by Gasteiger charge is 2.05. The van der Waals surface area contributed by atoms with Crippen LogP contribution in [0.5, 0.6) is 0 Å². The minimum atomic E-state index is 0.888. The molecule has 0 saturated heterocycles. The predicted molar refractivity (Wildman–Crippen MR) is 135 cm³/mol. The van der Waals surface area contributed by atoms with Crippen LogP contribution >= 0.6 is 0 Å². The molecule has 176 valence electrons. The van der Waals surface area contributed by atoms with Crippen molar-refractivity contribution in [3.63, 3.8) is 0 Å². The molecule has 0 aromatic rings. The van der Waals surface area contributed by atoms with E-state index in [1.54, 1.807) is 0 Å². The van der Waals surface area contributed by atoms with Crippen molar-refractivity contribution in [3.8, 4) is 0 Å². The van der Waals surface area contributed by atoms with Crippen molar-refractivity contribution in [1.82, 2.24) is 4.90 Å². The molecule has 1 heteroatoms. The van der Waals surface area contributed by atoms with Crippen molar-refractivity contribution in [2.75, 3.05) is 19.6 Å². The topological polar surface area (TPSA) is 3.24 Å². The normalized spacial score (nSPS) is 11.8. The summed E-state index contributed by atoms with van der Waals surface area (Å²) in [5, 5.41) is 0. The fraction of sp³-hybridized carbons (Fsp3) is 1.00. The van der Waals surface area contributed by atoms with Gasteiger partial charge in [-0.1, -0.05) is 137 Å². The monoisotopic (exact) mass is 409 g/mol. The maximum atomic E-state index is 2.81. The Bertz CT molecular complexity index is 270. The first-order valence-corrected chi connectivity index (χ1v) is 13.9. The van der Waals surface area contributed by atoms with Gasteiger partial charge in [-0.2, -0.15) is 0 Å². The van der Waals surface area contributed by atoms with Crippen LogP contribution in [0.4, 0.5) is 0 Å². The Balaban J connectivity index is 3.77. The molecule has 0 aliphatic heterocycles. The zero-order chi connectivity index (χ0) is 21.4. The molecule has 0 N–H and O–H groups in total. The second-order valence-corrected chi connectivity index (χ2v) is 10.0. The van der Waals surface area contributed by atoms with Crippen molar-refractivity contribution in [2.45, 2.75) is 156 Å². The van der Waals surface area contributed by atoms with Gasteiger partial charge in [-0.15, -0.1) is 0 Å². The molecule has 1 nitrogen and oxygen atoms in total. The van der Waals surface area contributed by atoms with Gasteiger partial charge in [-0.3, -0.25) is 0 Å². The third-order valence-electron chi connectivity index (χ3n) is 6.41. The lowest BCUT2D eigenvalue weighted by molar-refractivity contribution is 0.254. The summed E-state index contributed by atoms with van der Waals surface area (Å²) in [4.78, 5) is 2.81. The summed E-state index contributed by atoms with van der Waals surface area (Å²) >= 11 is 0. The molecule has 0 fully saturated rings. The van der Waals surface area contributed by atoms with E-state index in [0.717, 1.165) is 5.92 Å².